The van der Waals surface area contributed by atoms with Gasteiger partial charge in [0.05, 0.1) is 25.4 Å². The highest BCUT2D eigenvalue weighted by molar-refractivity contribution is 7.91. The van der Waals surface area contributed by atoms with Crippen LogP contribution in [0.2, 0.25) is 10.0 Å². The van der Waals surface area contributed by atoms with E-state index < -0.39 is 49.7 Å². The monoisotopic (exact) mass is 737 g/mol. The maximum absolute atomic E-state index is 13.8. The Kier molecular flexibility index (Phi) is 10.8. The highest BCUT2D eigenvalue weighted by Gasteiger charge is 2.45. The van der Waals surface area contributed by atoms with Crippen LogP contribution in [-0.2, 0) is 35.9 Å². The number of halogens is 2. The number of aromatic nitrogens is 1. The summed E-state index contributed by atoms with van der Waals surface area (Å²) in [4.78, 5) is 42.0. The molecular weight excluding hydrogens is 705 g/mol. The predicted molar refractivity (Wildman–Crippen MR) is 178 cm³/mol. The molecule has 17 heteroatoms. The van der Waals surface area contributed by atoms with Crippen molar-refractivity contribution in [3.05, 3.63) is 82.1 Å². The molecule has 256 valence electrons. The quantitative estimate of drug-likeness (QED) is 0.215. The fraction of sp³-hybridized carbons (Fsp3) is 0.355. The van der Waals surface area contributed by atoms with E-state index in [1.54, 1.807) is 24.3 Å². The zero-order valence-electron chi connectivity index (χ0n) is 25.6. The summed E-state index contributed by atoms with van der Waals surface area (Å²) in [7, 11) is -8.08. The number of sulfone groups is 1. The third kappa shape index (κ3) is 8.15. The van der Waals surface area contributed by atoms with E-state index in [4.69, 9.17) is 23.2 Å². The summed E-state index contributed by atoms with van der Waals surface area (Å²) in [5.41, 5.74) is 0.932. The molecule has 0 spiro atoms. The van der Waals surface area contributed by atoms with Gasteiger partial charge in [-0.2, -0.15) is 4.31 Å². The van der Waals surface area contributed by atoms with Gasteiger partial charge in [-0.1, -0.05) is 47.8 Å². The van der Waals surface area contributed by atoms with Crippen LogP contribution in [0.15, 0.2) is 70.7 Å². The first kappa shape index (κ1) is 35.7. The number of hydrogen-bond donors (Lipinski definition) is 4. The lowest BCUT2D eigenvalue weighted by molar-refractivity contribution is -0.142. The average Bonchev–Trinajstić information content (AvgIpc) is 3.44. The van der Waals surface area contributed by atoms with Gasteiger partial charge in [0.15, 0.2) is 9.84 Å². The van der Waals surface area contributed by atoms with Crippen molar-refractivity contribution in [2.24, 2.45) is 0 Å². The third-order valence-corrected chi connectivity index (χ3v) is 11.9. The van der Waals surface area contributed by atoms with Crippen LogP contribution in [0.1, 0.15) is 41.6 Å². The average molecular weight is 739 g/mol. The largest absolute Gasteiger partial charge is 0.480 e. The summed E-state index contributed by atoms with van der Waals surface area (Å²) in [5, 5.41) is 18.7. The zero-order valence-corrected chi connectivity index (χ0v) is 28.7. The minimum Gasteiger partial charge on any atom is -0.480 e. The van der Waals surface area contributed by atoms with E-state index in [2.05, 4.69) is 20.9 Å². The number of carbonyl (C=O) groups excluding carboxylic acids is 2. The lowest BCUT2D eigenvalue weighted by Gasteiger charge is -2.29. The maximum atomic E-state index is 13.8. The number of rotatable bonds is 12. The maximum Gasteiger partial charge on any atom is 0.326 e. The van der Waals surface area contributed by atoms with Gasteiger partial charge in [-0.05, 0) is 55.2 Å². The molecule has 1 aliphatic carbocycles. The number of sulfonamides is 1. The van der Waals surface area contributed by atoms with Gasteiger partial charge in [-0.3, -0.25) is 14.6 Å². The summed E-state index contributed by atoms with van der Waals surface area (Å²) in [6.45, 7) is -0.0547. The first-order chi connectivity index (χ1) is 22.6. The Morgan fingerprint density at radius 3 is 2.21 bits per heavy atom. The molecule has 1 saturated heterocycles. The van der Waals surface area contributed by atoms with E-state index >= 15 is 0 Å². The molecule has 5 rings (SSSR count). The first-order valence-corrected chi connectivity index (χ1v) is 19.0. The number of carboxylic acids is 1. The normalized spacial score (nSPS) is 19.3. The molecule has 2 amide bonds. The molecule has 0 radical (unpaired) electrons. The molecule has 1 aliphatic heterocycles. The van der Waals surface area contributed by atoms with Gasteiger partial charge in [-0.25, -0.2) is 21.6 Å². The highest BCUT2D eigenvalue weighted by Crippen LogP contribution is 2.30. The fourth-order valence-corrected chi connectivity index (χ4v) is 8.56. The number of aliphatic carboxylic acids is 1. The molecule has 2 aliphatic rings. The van der Waals surface area contributed by atoms with E-state index in [9.17, 15) is 36.3 Å². The van der Waals surface area contributed by atoms with E-state index in [1.807, 2.05) is 0 Å². The van der Waals surface area contributed by atoms with Gasteiger partial charge in [0, 0.05) is 49.4 Å². The van der Waals surface area contributed by atoms with Crippen LogP contribution in [-0.4, -0.2) is 86.0 Å². The molecular formula is C31H33Cl2N5O8S2. The second-order valence-electron chi connectivity index (χ2n) is 11.8. The molecule has 4 N–H and O–H groups in total. The van der Waals surface area contributed by atoms with Gasteiger partial charge in [0.2, 0.25) is 15.9 Å². The number of benzene rings is 2. The topological polar surface area (TPSA) is 192 Å². The Hall–Kier alpha value is -3.60. The molecule has 48 heavy (non-hydrogen) atoms. The SMILES string of the molecule is CS(=O)(=O)c1cccc(S(=O)(=O)N2C[C@H](NC3CCC3)C[C@@H]2C(=O)N[C@@H](Cc2ccc(NC(=O)c3c(Cl)cncc3Cl)cc2)C(=O)O)c1. The summed E-state index contributed by atoms with van der Waals surface area (Å²) in [6, 6.07) is 8.32. The molecule has 2 aromatic carbocycles. The number of amides is 2. The van der Waals surface area contributed by atoms with Crippen molar-refractivity contribution < 1.29 is 36.3 Å². The molecule has 1 saturated carbocycles. The number of carboxylic acid groups (broad SMARTS) is 1. The molecule has 3 atom stereocenters. The van der Waals surface area contributed by atoms with Crippen molar-refractivity contribution in [3.8, 4) is 0 Å². The number of anilines is 1. The molecule has 3 aromatic rings. The van der Waals surface area contributed by atoms with E-state index in [0.717, 1.165) is 35.9 Å². The lowest BCUT2D eigenvalue weighted by Crippen LogP contribution is -2.51. The second kappa shape index (κ2) is 14.5. The molecule has 1 aromatic heterocycles. The van der Waals surface area contributed by atoms with Crippen molar-refractivity contribution in [2.75, 3.05) is 18.1 Å². The van der Waals surface area contributed by atoms with Crippen LogP contribution in [0.5, 0.6) is 0 Å². The van der Waals surface area contributed by atoms with Crippen molar-refractivity contribution in [1.29, 1.82) is 0 Å². The first-order valence-electron chi connectivity index (χ1n) is 14.9. The lowest BCUT2D eigenvalue weighted by atomic mass is 9.92. The van der Waals surface area contributed by atoms with Crippen molar-refractivity contribution in [1.82, 2.24) is 19.9 Å². The predicted octanol–water partition coefficient (Wildman–Crippen LogP) is 3.13. The minimum absolute atomic E-state index is 0.0438. The molecule has 2 fully saturated rings. The Labute approximate surface area is 288 Å². The van der Waals surface area contributed by atoms with Crippen LogP contribution in [0.3, 0.4) is 0 Å². The number of nitrogens with zero attached hydrogens (tertiary/aromatic N) is 2. The standard InChI is InChI=1S/C31H33Cl2N5O8S2/c1-47(43,44)22-6-3-7-23(14-22)48(45,46)38-17-21(35-19-4-2-5-19)13-27(38)29(39)37-26(31(41)42)12-18-8-10-20(11-9-18)36-30(40)28-24(32)15-34-16-25(28)33/h3,6-11,14-16,19,21,26-27,35H,2,4-5,12-13,17H2,1H3,(H,36,40)(H,37,39)(H,41,42)/t21-,26+,27-/m1/s1. The molecule has 13 nitrogen and oxygen atoms in total. The van der Waals surface area contributed by atoms with Gasteiger partial charge in [0.25, 0.3) is 5.91 Å². The summed E-state index contributed by atoms with van der Waals surface area (Å²) < 4.78 is 53.0. The zero-order chi connectivity index (χ0) is 34.8. The van der Waals surface area contributed by atoms with Gasteiger partial charge >= 0.3 is 5.97 Å². The van der Waals surface area contributed by atoms with Crippen LogP contribution >= 0.6 is 23.2 Å². The smallest absolute Gasteiger partial charge is 0.326 e. The van der Waals surface area contributed by atoms with Gasteiger partial charge in [0.1, 0.15) is 12.1 Å². The number of hydrogen-bond acceptors (Lipinski definition) is 9. The van der Waals surface area contributed by atoms with Gasteiger partial charge < -0.3 is 21.1 Å². The Morgan fingerprint density at radius 1 is 0.979 bits per heavy atom. The Balaban J connectivity index is 1.32. The highest BCUT2D eigenvalue weighted by atomic mass is 35.5. The van der Waals surface area contributed by atoms with Crippen LogP contribution < -0.4 is 16.0 Å². The van der Waals surface area contributed by atoms with Crippen LogP contribution in [0.25, 0.3) is 0 Å². The summed E-state index contributed by atoms with van der Waals surface area (Å²) in [6.07, 6.45) is 6.37. The van der Waals surface area contributed by atoms with Crippen LogP contribution in [0.4, 0.5) is 5.69 Å². The number of carbonyl (C=O) groups is 3. The number of nitrogens with one attached hydrogen (secondary N) is 3. The summed E-state index contributed by atoms with van der Waals surface area (Å²) >= 11 is 12.1. The Bertz CT molecular complexity index is 1920. The Morgan fingerprint density at radius 2 is 1.62 bits per heavy atom. The second-order valence-corrected chi connectivity index (χ2v) is 16.5. The van der Waals surface area contributed by atoms with E-state index in [0.29, 0.717) is 11.3 Å². The van der Waals surface area contributed by atoms with Crippen LogP contribution in [0, 0.1) is 0 Å². The van der Waals surface area contributed by atoms with Crippen molar-refractivity contribution >= 4 is 66.5 Å². The number of pyridine rings is 1. The fourth-order valence-electron chi connectivity index (χ4n) is 5.59. The van der Waals surface area contributed by atoms with E-state index in [-0.39, 0.29) is 56.9 Å². The minimum atomic E-state index is -4.36. The molecule has 2 heterocycles. The molecule has 0 unspecified atom stereocenters. The van der Waals surface area contributed by atoms with Crippen molar-refractivity contribution in [2.45, 2.75) is 66.1 Å². The molecule has 0 bridgehead atoms. The summed E-state index contributed by atoms with van der Waals surface area (Å²) in [5.74, 6) is -2.70. The third-order valence-electron chi connectivity index (χ3n) is 8.32. The van der Waals surface area contributed by atoms with E-state index in [1.165, 1.54) is 30.6 Å². The van der Waals surface area contributed by atoms with Crippen molar-refractivity contribution in [3.63, 3.8) is 0 Å². The van der Waals surface area contributed by atoms with Gasteiger partial charge in [-0.15, -0.1) is 0 Å².